The van der Waals surface area contributed by atoms with Crippen molar-refractivity contribution in [3.8, 4) is 0 Å². The molecule has 2 N–H and O–H groups in total. The van der Waals surface area contributed by atoms with Gasteiger partial charge in [0, 0.05) is 0 Å². The largest absolute Gasteiger partial charge is 0.405 e. The van der Waals surface area contributed by atoms with E-state index in [0.29, 0.717) is 0 Å². The van der Waals surface area contributed by atoms with Crippen molar-refractivity contribution in [2.45, 2.75) is 0 Å². The fourth-order valence-corrected chi connectivity index (χ4v) is 0.667. The van der Waals surface area contributed by atoms with Crippen molar-refractivity contribution in [3.63, 3.8) is 0 Å². The van der Waals surface area contributed by atoms with Crippen LogP contribution in [-0.2, 0) is 0 Å². The molecule has 1 nitrogen and oxygen atoms in total. The predicted octanol–water partition coefficient (Wildman–Crippen LogP) is 1.51. The highest BCUT2D eigenvalue weighted by atomic mass is 14.5. The molecular formula is C8H9N. The molecule has 0 saturated heterocycles. The highest BCUT2D eigenvalue weighted by molar-refractivity contribution is 5.41. The Bertz CT molecular complexity index is 181. The van der Waals surface area contributed by atoms with Crippen LogP contribution in [0.15, 0.2) is 48.2 Å². The van der Waals surface area contributed by atoms with E-state index in [9.17, 15) is 0 Å². The van der Waals surface area contributed by atoms with Crippen LogP contribution in [0.5, 0.6) is 0 Å². The van der Waals surface area contributed by atoms with Crippen molar-refractivity contribution >= 4 is 0 Å². The minimum Gasteiger partial charge on any atom is -0.405 e. The highest BCUT2D eigenvalue weighted by Gasteiger charge is 1.85. The maximum absolute atomic E-state index is 5.13. The van der Waals surface area contributed by atoms with Crippen molar-refractivity contribution in [2.75, 3.05) is 0 Å². The van der Waals surface area contributed by atoms with Gasteiger partial charge in [-0.05, 0) is 17.8 Å². The number of nitrogens with two attached hydrogens (primary N) is 1. The summed E-state index contributed by atoms with van der Waals surface area (Å²) in [5.41, 5.74) is 6.32. The van der Waals surface area contributed by atoms with Crippen LogP contribution in [0.1, 0.15) is 0 Å². The van der Waals surface area contributed by atoms with Gasteiger partial charge in [0.2, 0.25) is 0 Å². The van der Waals surface area contributed by atoms with E-state index in [1.165, 1.54) is 11.8 Å². The first-order valence-corrected chi connectivity index (χ1v) is 2.87. The van der Waals surface area contributed by atoms with Crippen LogP contribution in [0.4, 0.5) is 0 Å². The summed E-state index contributed by atoms with van der Waals surface area (Å²) < 4.78 is 0. The first-order chi connectivity index (χ1) is 4.43. The maximum Gasteiger partial charge on any atom is -0.00622 e. The van der Waals surface area contributed by atoms with E-state index in [2.05, 4.69) is 0 Å². The predicted molar refractivity (Wildman–Crippen MR) is 39.7 cm³/mol. The lowest BCUT2D eigenvalue weighted by molar-refractivity contribution is 1.59. The van der Waals surface area contributed by atoms with Gasteiger partial charge in [0.05, 0.1) is 0 Å². The lowest BCUT2D eigenvalue weighted by atomic mass is 10.3. The summed E-state index contributed by atoms with van der Waals surface area (Å²) in [7, 11) is 0. The van der Waals surface area contributed by atoms with Gasteiger partial charge < -0.3 is 5.73 Å². The van der Waals surface area contributed by atoms with Crippen molar-refractivity contribution in [1.82, 2.24) is 0 Å². The van der Waals surface area contributed by atoms with Gasteiger partial charge >= 0.3 is 0 Å². The van der Waals surface area contributed by atoms with Gasteiger partial charge in [-0.2, -0.15) is 0 Å². The summed E-state index contributed by atoms with van der Waals surface area (Å²) in [5.74, 6) is 0. The minimum absolute atomic E-state index is 1.19. The van der Waals surface area contributed by atoms with Crippen molar-refractivity contribution in [1.29, 1.82) is 0 Å². The van der Waals surface area contributed by atoms with E-state index in [4.69, 9.17) is 5.73 Å². The molecule has 0 aromatic heterocycles. The zero-order chi connectivity index (χ0) is 6.53. The summed E-state index contributed by atoms with van der Waals surface area (Å²) >= 11 is 0. The van der Waals surface area contributed by atoms with Gasteiger partial charge in [0.25, 0.3) is 0 Å². The Labute approximate surface area is 54.9 Å². The number of allylic oxidation sites excluding steroid dienone is 7. The van der Waals surface area contributed by atoms with E-state index < -0.39 is 0 Å². The summed E-state index contributed by atoms with van der Waals surface area (Å²) in [6.45, 7) is 0. The Morgan fingerprint density at radius 3 is 2.44 bits per heavy atom. The third-order valence-corrected chi connectivity index (χ3v) is 1.09. The van der Waals surface area contributed by atoms with Gasteiger partial charge in [-0.25, -0.2) is 0 Å². The molecule has 1 aliphatic rings. The molecule has 0 aliphatic heterocycles. The summed E-state index contributed by atoms with van der Waals surface area (Å²) in [6, 6.07) is 0. The standard InChI is InChI=1S/C8H9N/c9-7-3-6-8-4-1-2-5-8/h1-7H,9H2. The van der Waals surface area contributed by atoms with Crippen LogP contribution in [0.25, 0.3) is 0 Å². The van der Waals surface area contributed by atoms with Crippen molar-refractivity contribution < 1.29 is 0 Å². The molecule has 0 unspecified atom stereocenters. The normalized spacial score (nSPS) is 15.8. The molecule has 0 radical (unpaired) electrons. The smallest absolute Gasteiger partial charge is 0.00622 e. The Kier molecular flexibility index (Phi) is 1.91. The van der Waals surface area contributed by atoms with E-state index in [0.717, 1.165) is 0 Å². The topological polar surface area (TPSA) is 26.0 Å². The molecule has 0 spiro atoms. The molecule has 0 aromatic carbocycles. The molecule has 1 heteroatoms. The maximum atomic E-state index is 5.13. The second-order valence-electron chi connectivity index (χ2n) is 1.77. The zero-order valence-corrected chi connectivity index (χ0v) is 5.12. The third kappa shape index (κ3) is 1.61. The Morgan fingerprint density at radius 2 is 1.89 bits per heavy atom. The Balaban J connectivity index is 2.62. The van der Waals surface area contributed by atoms with Gasteiger partial charge in [-0.15, -0.1) is 0 Å². The van der Waals surface area contributed by atoms with Crippen molar-refractivity contribution in [3.05, 3.63) is 48.2 Å². The molecule has 1 rings (SSSR count). The van der Waals surface area contributed by atoms with E-state index in [1.54, 1.807) is 0 Å². The van der Waals surface area contributed by atoms with E-state index >= 15 is 0 Å². The van der Waals surface area contributed by atoms with E-state index in [-0.39, 0.29) is 0 Å². The molecule has 0 amide bonds. The molecule has 0 bridgehead atoms. The lowest BCUT2D eigenvalue weighted by Gasteiger charge is -1.81. The molecule has 1 aliphatic carbocycles. The minimum atomic E-state index is 1.19. The summed E-state index contributed by atoms with van der Waals surface area (Å²) in [5, 5.41) is 0. The summed E-state index contributed by atoms with van der Waals surface area (Å²) in [6.07, 6.45) is 13.3. The molecule has 0 atom stereocenters. The number of rotatable bonds is 1. The molecule has 0 heterocycles. The van der Waals surface area contributed by atoms with Crippen LogP contribution in [0.2, 0.25) is 0 Å². The van der Waals surface area contributed by atoms with Gasteiger partial charge in [0.1, 0.15) is 0 Å². The highest BCUT2D eigenvalue weighted by Crippen LogP contribution is 2.05. The molecular weight excluding hydrogens is 110 g/mol. The van der Waals surface area contributed by atoms with Gasteiger partial charge in [-0.3, -0.25) is 0 Å². The van der Waals surface area contributed by atoms with Gasteiger partial charge in [-0.1, -0.05) is 30.4 Å². The van der Waals surface area contributed by atoms with Crippen molar-refractivity contribution in [2.24, 2.45) is 5.73 Å². The van der Waals surface area contributed by atoms with Crippen LogP contribution in [0.3, 0.4) is 0 Å². The Morgan fingerprint density at radius 1 is 1.22 bits per heavy atom. The third-order valence-electron chi connectivity index (χ3n) is 1.09. The number of hydrogen-bond donors (Lipinski definition) is 1. The van der Waals surface area contributed by atoms with E-state index in [1.807, 2.05) is 36.5 Å². The average Bonchev–Trinajstić information content (AvgIpc) is 2.34. The monoisotopic (exact) mass is 119 g/mol. The molecule has 0 aromatic rings. The molecule has 9 heavy (non-hydrogen) atoms. The molecule has 0 saturated carbocycles. The number of hydrogen-bond acceptors (Lipinski definition) is 1. The van der Waals surface area contributed by atoms with Crippen LogP contribution < -0.4 is 5.73 Å². The zero-order valence-electron chi connectivity index (χ0n) is 5.12. The van der Waals surface area contributed by atoms with Gasteiger partial charge in [0.15, 0.2) is 0 Å². The first kappa shape index (κ1) is 5.89. The summed E-state index contributed by atoms with van der Waals surface area (Å²) in [4.78, 5) is 0. The second kappa shape index (κ2) is 2.92. The van der Waals surface area contributed by atoms with Crippen LogP contribution in [0, 0.1) is 0 Å². The lowest BCUT2D eigenvalue weighted by Crippen LogP contribution is -1.73. The Hall–Kier alpha value is -1.24. The second-order valence-corrected chi connectivity index (χ2v) is 1.77. The fraction of sp³-hybridized carbons (Fsp3) is 0. The molecule has 0 fully saturated rings. The average molecular weight is 119 g/mol. The fourth-order valence-electron chi connectivity index (χ4n) is 0.667. The molecule has 46 valence electrons. The van der Waals surface area contributed by atoms with Crippen LogP contribution >= 0.6 is 0 Å². The first-order valence-electron chi connectivity index (χ1n) is 2.87. The van der Waals surface area contributed by atoms with Crippen LogP contribution in [-0.4, -0.2) is 0 Å². The quantitative estimate of drug-likeness (QED) is 0.556. The SMILES string of the molecule is NC=CC=C1C=CC=C1.